The Morgan fingerprint density at radius 2 is 1.03 bits per heavy atom. The summed E-state index contributed by atoms with van der Waals surface area (Å²) in [6.45, 7) is 5.11. The van der Waals surface area contributed by atoms with Crippen LogP contribution in [0.15, 0.2) is 48.5 Å². The molecule has 0 atom stereocenters. The average Bonchev–Trinajstić information content (AvgIpc) is 2.73. The van der Waals surface area contributed by atoms with Gasteiger partial charge in [-0.25, -0.2) is 0 Å². The zero-order valence-corrected chi connectivity index (χ0v) is 22.3. The molecule has 0 saturated carbocycles. The van der Waals surface area contributed by atoms with E-state index in [0.29, 0.717) is 17.7 Å². The monoisotopic (exact) mass is 678 g/mol. The van der Waals surface area contributed by atoms with Gasteiger partial charge in [0, 0.05) is 0 Å². The van der Waals surface area contributed by atoms with Crippen molar-refractivity contribution in [2.45, 2.75) is 66.5 Å². The first-order valence-corrected chi connectivity index (χ1v) is 14.8. The number of rotatable bonds is 5. The molecule has 2 N–H and O–H groups in total. The first-order chi connectivity index (χ1) is 16.8. The summed E-state index contributed by atoms with van der Waals surface area (Å²) in [5.41, 5.74) is -13.1. The van der Waals surface area contributed by atoms with Crippen LogP contribution in [0.4, 0.5) is 52.7 Å². The van der Waals surface area contributed by atoms with Gasteiger partial charge in [0.05, 0.1) is 0 Å². The molecule has 0 aliphatic heterocycles. The van der Waals surface area contributed by atoms with Crippen molar-refractivity contribution in [2.24, 2.45) is 0 Å². The molecule has 15 heteroatoms. The number of halogens is 12. The van der Waals surface area contributed by atoms with Crippen molar-refractivity contribution in [3.05, 3.63) is 59.7 Å². The van der Waals surface area contributed by atoms with Gasteiger partial charge >= 0.3 is 216 Å². The first-order valence-electron chi connectivity index (χ1n) is 10.5. The van der Waals surface area contributed by atoms with Crippen LogP contribution in [0, 0.1) is 0 Å². The summed E-state index contributed by atoms with van der Waals surface area (Å²) in [7, 11) is 0. The van der Waals surface area contributed by atoms with Gasteiger partial charge in [-0.2, -0.15) is 0 Å². The van der Waals surface area contributed by atoms with E-state index in [2.05, 4.69) is 0 Å². The van der Waals surface area contributed by atoms with Crippen LogP contribution >= 0.6 is 0 Å². The van der Waals surface area contributed by atoms with Crippen molar-refractivity contribution in [1.82, 2.24) is 0 Å². The normalized spacial score (nSPS) is 14.8. The van der Waals surface area contributed by atoms with Crippen LogP contribution < -0.4 is 7.02 Å². The SMILES string of the molecule is CC(C)(C)c1cc[c]([Sb]([CH2]C(O)(C(F)(F)F)C(F)(F)F)[c]2ccccc2C(O)(C(F)(F)F)C(F)(F)F)cc1. The molecule has 0 amide bonds. The van der Waals surface area contributed by atoms with E-state index in [1.165, 1.54) is 12.1 Å². The third kappa shape index (κ3) is 5.91. The molecule has 0 radical (unpaired) electrons. The molecule has 0 spiro atoms. The van der Waals surface area contributed by atoms with Gasteiger partial charge in [-0.1, -0.05) is 0 Å². The van der Waals surface area contributed by atoms with E-state index < -0.39 is 75.0 Å². The fourth-order valence-corrected chi connectivity index (χ4v) is 11.4. The molecular weight excluding hydrogens is 658 g/mol. The van der Waals surface area contributed by atoms with Crippen LogP contribution in [-0.4, -0.2) is 60.7 Å². The molecule has 0 bridgehead atoms. The van der Waals surface area contributed by atoms with Crippen molar-refractivity contribution in [3.8, 4) is 0 Å². The maximum atomic E-state index is 13.7. The number of hydrogen-bond acceptors (Lipinski definition) is 2. The third-order valence-electron chi connectivity index (χ3n) is 5.77. The predicted octanol–water partition coefficient (Wildman–Crippen LogP) is 5.76. The van der Waals surface area contributed by atoms with Gasteiger partial charge in [0.1, 0.15) is 0 Å². The van der Waals surface area contributed by atoms with Crippen molar-refractivity contribution < 1.29 is 62.9 Å². The zero-order valence-electron chi connectivity index (χ0n) is 19.7. The summed E-state index contributed by atoms with van der Waals surface area (Å²) in [4.78, 5) is 0. The summed E-state index contributed by atoms with van der Waals surface area (Å²) in [6.07, 6.45) is -25.7. The van der Waals surface area contributed by atoms with E-state index in [1.54, 1.807) is 20.8 Å². The molecule has 214 valence electrons. The third-order valence-corrected chi connectivity index (χ3v) is 13.4. The van der Waals surface area contributed by atoms with Gasteiger partial charge in [-0.05, 0) is 0 Å². The minimum absolute atomic E-state index is 0.150. The number of aliphatic hydroxyl groups is 2. The Morgan fingerprint density at radius 1 is 0.605 bits per heavy atom. The molecular formula is C23H21F12O2Sb. The standard InChI is InChI=1S/C10H13.C9H5F6O.C4H3F6O.Sb/c1-10(2,3)9-7-5-4-6-8-9;10-8(11,12)7(16,9(13,14)15)6-4-2-1-3-5-6;1-2(11,3(5,6)7)4(8,9)10;/h5-8H,1-3H3;1-4,16H;11H,1H2;. The van der Waals surface area contributed by atoms with Gasteiger partial charge < -0.3 is 0 Å². The van der Waals surface area contributed by atoms with E-state index in [4.69, 9.17) is 0 Å². The van der Waals surface area contributed by atoms with Gasteiger partial charge in [-0.15, -0.1) is 0 Å². The Morgan fingerprint density at radius 3 is 1.39 bits per heavy atom. The molecule has 0 aromatic heterocycles. The molecule has 2 rings (SSSR count). The van der Waals surface area contributed by atoms with Crippen molar-refractivity contribution in [2.75, 3.05) is 0 Å². The fourth-order valence-electron chi connectivity index (χ4n) is 3.51. The Balaban J connectivity index is 2.96. The molecule has 0 aliphatic carbocycles. The van der Waals surface area contributed by atoms with Gasteiger partial charge in [0.15, 0.2) is 0 Å². The van der Waals surface area contributed by atoms with Crippen molar-refractivity contribution in [3.63, 3.8) is 0 Å². The molecule has 2 nitrogen and oxygen atoms in total. The molecule has 0 fully saturated rings. The minimum atomic E-state index is -6.45. The zero-order chi connectivity index (χ0) is 29.8. The Hall–Kier alpha value is -1.66. The van der Waals surface area contributed by atoms with Crippen LogP contribution in [0.25, 0.3) is 0 Å². The Labute approximate surface area is 216 Å². The first kappa shape index (κ1) is 32.5. The van der Waals surface area contributed by atoms with Gasteiger partial charge in [-0.3, -0.25) is 0 Å². The second-order valence-electron chi connectivity index (χ2n) is 9.46. The molecule has 38 heavy (non-hydrogen) atoms. The molecule has 0 aliphatic rings. The van der Waals surface area contributed by atoms with Gasteiger partial charge in [0.2, 0.25) is 0 Å². The van der Waals surface area contributed by atoms with E-state index in [9.17, 15) is 62.9 Å². The fraction of sp³-hybridized carbons (Fsp3) is 0.478. The summed E-state index contributed by atoms with van der Waals surface area (Å²) < 4.78 is 160. The number of alkyl halides is 12. The van der Waals surface area contributed by atoms with Crippen LogP contribution in [0.2, 0.25) is 4.37 Å². The predicted molar refractivity (Wildman–Crippen MR) is 114 cm³/mol. The van der Waals surface area contributed by atoms with Crippen LogP contribution in [0.3, 0.4) is 0 Å². The molecule has 2 aromatic carbocycles. The van der Waals surface area contributed by atoms with Crippen molar-refractivity contribution >= 4 is 27.2 Å². The quantitative estimate of drug-likeness (QED) is 0.312. The molecule has 0 saturated heterocycles. The number of benzene rings is 2. The molecule has 2 aromatic rings. The van der Waals surface area contributed by atoms with Crippen LogP contribution in [0.1, 0.15) is 31.9 Å². The summed E-state index contributed by atoms with van der Waals surface area (Å²) in [5.74, 6) is 0. The molecule has 0 unspecified atom stereocenters. The maximum absolute atomic E-state index is 13.7. The number of hydrogen-bond donors (Lipinski definition) is 2. The van der Waals surface area contributed by atoms with Crippen LogP contribution in [0.5, 0.6) is 0 Å². The Bertz CT molecular complexity index is 1080. The van der Waals surface area contributed by atoms with E-state index >= 15 is 0 Å². The summed E-state index contributed by atoms with van der Waals surface area (Å²) >= 11 is -5.10. The van der Waals surface area contributed by atoms with Crippen LogP contribution in [-0.2, 0) is 11.0 Å². The molecule has 0 heterocycles. The topological polar surface area (TPSA) is 40.5 Å². The van der Waals surface area contributed by atoms with E-state index in [1.807, 2.05) is 0 Å². The van der Waals surface area contributed by atoms with Gasteiger partial charge in [0.25, 0.3) is 0 Å². The second-order valence-corrected chi connectivity index (χ2v) is 15.7. The Kier molecular flexibility index (Phi) is 8.62. The summed E-state index contributed by atoms with van der Waals surface area (Å²) in [5, 5.41) is 19.8. The van der Waals surface area contributed by atoms with Crippen molar-refractivity contribution in [1.29, 1.82) is 0 Å². The second kappa shape index (κ2) is 10.1. The van der Waals surface area contributed by atoms with E-state index in [-0.39, 0.29) is 9.58 Å². The summed E-state index contributed by atoms with van der Waals surface area (Å²) in [6, 6.07) is 6.71. The average molecular weight is 679 g/mol. The van der Waals surface area contributed by atoms with E-state index in [0.717, 1.165) is 18.2 Å².